The molecule has 0 aromatic heterocycles. The minimum absolute atomic E-state index is 0.189. The molecule has 0 bridgehead atoms. The van der Waals surface area contributed by atoms with Gasteiger partial charge in [-0.1, -0.05) is 139 Å². The Bertz CT molecular complexity index is 2260. The Balaban J connectivity index is 0.000000125. The van der Waals surface area contributed by atoms with E-state index in [9.17, 15) is 0 Å². The van der Waals surface area contributed by atoms with E-state index in [1.165, 1.54) is 87.9 Å². The van der Waals surface area contributed by atoms with Gasteiger partial charge in [-0.3, -0.25) is 6.08 Å². The third-order valence-electron chi connectivity index (χ3n) is 8.92. The van der Waals surface area contributed by atoms with Crippen LogP contribution in [0.1, 0.15) is 33.7 Å². The van der Waals surface area contributed by atoms with E-state index in [0.29, 0.717) is 0 Å². The predicted molar refractivity (Wildman–Crippen MR) is 210 cm³/mol. The van der Waals surface area contributed by atoms with Gasteiger partial charge in [-0.25, -0.2) is 6.08 Å². The molecule has 0 fully saturated rings. The van der Waals surface area contributed by atoms with Gasteiger partial charge in [0.05, 0.1) is 0 Å². The van der Waals surface area contributed by atoms with Crippen LogP contribution in [-0.2, 0) is 24.2 Å². The monoisotopic (exact) mass is 714 g/mol. The fourth-order valence-electron chi connectivity index (χ4n) is 6.47. The standard InChI is InChI=1S/C23H17.C13H9.C13H10.Zr/c1-4-10-18(11-5-1)21-16-17-22(19-12-6-2-7-13-19)23(21)20-14-8-3-9-15-20;1-3-7-12-10(5-1)9-11-6-2-4-8-13(11)12;1-3-7-12(8-4-1)11-13-9-5-2-6-10-13;/h1-16,22H;1-9H;1-10H;/q2*-1;;+2. The first-order valence-electron chi connectivity index (χ1n) is 17.0. The Hall–Kier alpha value is -5.36. The third kappa shape index (κ3) is 7.76. The van der Waals surface area contributed by atoms with Crippen LogP contribution in [0.4, 0.5) is 0 Å². The minimum atomic E-state index is 0.189. The molecule has 0 N–H and O–H groups in total. The minimum Gasteiger partial charge on any atom is -0.126 e. The molecule has 0 spiro atoms. The van der Waals surface area contributed by atoms with Crippen molar-refractivity contribution in [3.63, 3.8) is 0 Å². The SMILES string of the molecule is [C-]1=CC(c2ccccc2)=C(c2ccccc2)C1c1ccccc1.[Zr+2]=[C](c1ccccc1)c1ccccc1.c1ccc2c(c1)[cH-]c1ccccc12. The maximum atomic E-state index is 3.57. The quantitative estimate of drug-likeness (QED) is 0.156. The van der Waals surface area contributed by atoms with Crippen molar-refractivity contribution >= 4 is 35.9 Å². The van der Waals surface area contributed by atoms with Gasteiger partial charge in [0.15, 0.2) is 0 Å². The average Bonchev–Trinajstić information content (AvgIpc) is 3.83. The normalized spacial score (nSPS) is 13.4. The van der Waals surface area contributed by atoms with Crippen LogP contribution >= 0.6 is 0 Å². The average molecular weight is 716 g/mol. The summed E-state index contributed by atoms with van der Waals surface area (Å²) in [5.74, 6) is 0.189. The van der Waals surface area contributed by atoms with Crippen LogP contribution in [0.5, 0.6) is 0 Å². The van der Waals surface area contributed by atoms with E-state index in [4.69, 9.17) is 0 Å². The van der Waals surface area contributed by atoms with E-state index in [1.807, 2.05) is 0 Å². The van der Waals surface area contributed by atoms with Crippen LogP contribution in [0.25, 0.3) is 32.7 Å². The molecule has 0 radical (unpaired) electrons. The van der Waals surface area contributed by atoms with Crippen LogP contribution in [0, 0.1) is 6.08 Å². The molecule has 0 saturated heterocycles. The number of benzene rings is 7. The van der Waals surface area contributed by atoms with Crippen LogP contribution < -0.4 is 0 Å². The number of fused-ring (bicyclic) bond motifs is 3. The molecule has 8 aromatic carbocycles. The largest absolute Gasteiger partial charge is 0.126 e. The Labute approximate surface area is 310 Å². The van der Waals surface area contributed by atoms with Gasteiger partial charge in [-0.15, -0.1) is 50.9 Å². The summed E-state index contributed by atoms with van der Waals surface area (Å²) in [6.45, 7) is 0. The van der Waals surface area contributed by atoms with E-state index in [-0.39, 0.29) is 5.92 Å². The molecule has 236 valence electrons. The van der Waals surface area contributed by atoms with Crippen molar-refractivity contribution in [3.05, 3.63) is 246 Å². The van der Waals surface area contributed by atoms with Gasteiger partial charge in [0.1, 0.15) is 0 Å². The van der Waals surface area contributed by atoms with Gasteiger partial charge in [0.25, 0.3) is 0 Å². The van der Waals surface area contributed by atoms with Crippen LogP contribution in [0.15, 0.2) is 212 Å². The van der Waals surface area contributed by atoms with E-state index in [2.05, 4.69) is 218 Å². The predicted octanol–water partition coefficient (Wildman–Crippen LogP) is 12.3. The van der Waals surface area contributed by atoms with Gasteiger partial charge in [0.2, 0.25) is 0 Å². The van der Waals surface area contributed by atoms with Crippen LogP contribution in [0.3, 0.4) is 0 Å². The molecule has 0 nitrogen and oxygen atoms in total. The summed E-state index contributed by atoms with van der Waals surface area (Å²) < 4.78 is 1.42. The van der Waals surface area contributed by atoms with E-state index in [1.54, 1.807) is 0 Å². The Morgan fingerprint density at radius 3 is 1.34 bits per heavy atom. The van der Waals surface area contributed by atoms with Crippen molar-refractivity contribution in [2.75, 3.05) is 0 Å². The van der Waals surface area contributed by atoms with Gasteiger partial charge in [-0.05, 0) is 5.56 Å². The maximum absolute atomic E-state index is 3.57. The topological polar surface area (TPSA) is 0 Å². The second-order valence-corrected chi connectivity index (χ2v) is 13.4. The van der Waals surface area contributed by atoms with Crippen molar-refractivity contribution in [1.82, 2.24) is 0 Å². The number of hydrogen-bond donors (Lipinski definition) is 0. The molecule has 1 unspecified atom stereocenters. The smallest absolute Gasteiger partial charge is 0.0771 e. The summed E-state index contributed by atoms with van der Waals surface area (Å²) in [5, 5.41) is 5.39. The van der Waals surface area contributed by atoms with Crippen LogP contribution in [-0.4, -0.2) is 3.21 Å². The fraction of sp³-hybridized carbons (Fsp3) is 0.0204. The van der Waals surface area contributed by atoms with E-state index >= 15 is 0 Å². The van der Waals surface area contributed by atoms with Crippen molar-refractivity contribution < 1.29 is 24.2 Å². The molecule has 0 saturated carbocycles. The van der Waals surface area contributed by atoms with Crippen molar-refractivity contribution in [1.29, 1.82) is 0 Å². The summed E-state index contributed by atoms with van der Waals surface area (Å²) in [7, 11) is 0. The second-order valence-electron chi connectivity index (χ2n) is 12.1. The van der Waals surface area contributed by atoms with Crippen molar-refractivity contribution in [2.24, 2.45) is 0 Å². The Morgan fingerprint density at radius 1 is 0.440 bits per heavy atom. The zero-order valence-corrected chi connectivity index (χ0v) is 30.2. The van der Waals surface area contributed by atoms with E-state index < -0.39 is 0 Å². The van der Waals surface area contributed by atoms with Crippen LogP contribution in [0.2, 0.25) is 0 Å². The molecule has 0 amide bonds. The Morgan fingerprint density at radius 2 is 0.840 bits per heavy atom. The zero-order chi connectivity index (χ0) is 34.0. The first-order valence-corrected chi connectivity index (χ1v) is 18.2. The molecule has 1 aliphatic rings. The number of hydrogen-bond acceptors (Lipinski definition) is 0. The number of rotatable bonds is 5. The first kappa shape index (κ1) is 33.2. The van der Waals surface area contributed by atoms with Crippen molar-refractivity contribution in [3.8, 4) is 0 Å². The zero-order valence-electron chi connectivity index (χ0n) is 27.8. The molecular formula is C49H36Zr. The molecule has 8 aromatic rings. The first-order chi connectivity index (χ1) is 24.8. The van der Waals surface area contributed by atoms with Crippen molar-refractivity contribution in [2.45, 2.75) is 5.92 Å². The Kier molecular flexibility index (Phi) is 10.9. The summed E-state index contributed by atoms with van der Waals surface area (Å²) in [5.41, 5.74) is 9.06. The molecular weight excluding hydrogens is 680 g/mol. The number of allylic oxidation sites excluding steroid dienone is 4. The summed E-state index contributed by atoms with van der Waals surface area (Å²) in [6, 6.07) is 72.2. The summed E-state index contributed by atoms with van der Waals surface area (Å²) in [6.07, 6.45) is 5.72. The molecule has 9 rings (SSSR count). The molecule has 1 atom stereocenters. The molecule has 1 aliphatic carbocycles. The molecule has 50 heavy (non-hydrogen) atoms. The summed E-state index contributed by atoms with van der Waals surface area (Å²) >= 11 is 1.46. The third-order valence-corrected chi connectivity index (χ3v) is 10.3. The molecule has 0 heterocycles. The second kappa shape index (κ2) is 16.4. The fourth-order valence-corrected chi connectivity index (χ4v) is 7.29. The van der Waals surface area contributed by atoms with E-state index in [0.717, 1.165) is 0 Å². The maximum Gasteiger partial charge on any atom is -0.0771 e. The van der Waals surface area contributed by atoms with Gasteiger partial charge >= 0.3 is 99.2 Å². The van der Waals surface area contributed by atoms with Gasteiger partial charge in [0, 0.05) is 0 Å². The van der Waals surface area contributed by atoms with Gasteiger partial charge < -0.3 is 0 Å². The molecule has 0 aliphatic heterocycles. The molecule has 1 heteroatoms. The summed E-state index contributed by atoms with van der Waals surface area (Å²) in [4.78, 5) is 0. The van der Waals surface area contributed by atoms with Gasteiger partial charge in [-0.2, -0.15) is 5.57 Å².